The van der Waals surface area contributed by atoms with Crippen LogP contribution < -0.4 is 10.2 Å². The average Bonchev–Trinajstić information content (AvgIpc) is 2.38. The first-order valence-corrected chi connectivity index (χ1v) is 6.74. The standard InChI is InChI=1S/C13H20ClN3/c1-2-17(10-11-3-6-15-7-4-11)13-5-8-16-9-12(13)14/h5,8-9,11,15H,2-4,6-7,10H2,1H3. The van der Waals surface area contributed by atoms with Crippen LogP contribution in [0.15, 0.2) is 18.5 Å². The topological polar surface area (TPSA) is 28.2 Å². The molecule has 94 valence electrons. The van der Waals surface area contributed by atoms with Crippen molar-refractivity contribution in [2.24, 2.45) is 5.92 Å². The number of anilines is 1. The van der Waals surface area contributed by atoms with Gasteiger partial charge in [0, 0.05) is 25.5 Å². The minimum absolute atomic E-state index is 0.753. The number of rotatable bonds is 4. The minimum Gasteiger partial charge on any atom is -0.370 e. The van der Waals surface area contributed by atoms with Crippen LogP contribution in [0.4, 0.5) is 5.69 Å². The highest BCUT2D eigenvalue weighted by Gasteiger charge is 2.17. The smallest absolute Gasteiger partial charge is 0.0822 e. The van der Waals surface area contributed by atoms with Crippen LogP contribution in [0.2, 0.25) is 5.02 Å². The highest BCUT2D eigenvalue weighted by Crippen LogP contribution is 2.26. The van der Waals surface area contributed by atoms with E-state index in [4.69, 9.17) is 11.6 Å². The number of nitrogens with zero attached hydrogens (tertiary/aromatic N) is 2. The van der Waals surface area contributed by atoms with Crippen molar-refractivity contribution in [2.45, 2.75) is 19.8 Å². The molecule has 0 atom stereocenters. The van der Waals surface area contributed by atoms with E-state index in [-0.39, 0.29) is 0 Å². The fourth-order valence-electron chi connectivity index (χ4n) is 2.40. The van der Waals surface area contributed by atoms with Gasteiger partial charge in [0.1, 0.15) is 0 Å². The number of pyridine rings is 1. The van der Waals surface area contributed by atoms with Gasteiger partial charge in [0.2, 0.25) is 0 Å². The molecule has 0 aromatic carbocycles. The van der Waals surface area contributed by atoms with Gasteiger partial charge in [-0.1, -0.05) is 11.6 Å². The molecule has 3 nitrogen and oxygen atoms in total. The van der Waals surface area contributed by atoms with Gasteiger partial charge in [0.15, 0.2) is 0 Å². The summed E-state index contributed by atoms with van der Waals surface area (Å²) in [4.78, 5) is 6.40. The van der Waals surface area contributed by atoms with Gasteiger partial charge >= 0.3 is 0 Å². The molecule has 1 aliphatic rings. The zero-order valence-corrected chi connectivity index (χ0v) is 11.1. The molecule has 2 heterocycles. The van der Waals surface area contributed by atoms with Crippen molar-refractivity contribution in [2.75, 3.05) is 31.1 Å². The van der Waals surface area contributed by atoms with Gasteiger partial charge in [-0.25, -0.2) is 0 Å². The quantitative estimate of drug-likeness (QED) is 0.894. The Labute approximate surface area is 108 Å². The van der Waals surface area contributed by atoms with Crippen LogP contribution in [0.5, 0.6) is 0 Å². The molecule has 0 amide bonds. The number of halogens is 1. The zero-order valence-electron chi connectivity index (χ0n) is 10.3. The Morgan fingerprint density at radius 1 is 1.47 bits per heavy atom. The summed E-state index contributed by atoms with van der Waals surface area (Å²) >= 11 is 6.20. The van der Waals surface area contributed by atoms with Crippen LogP contribution in [0.3, 0.4) is 0 Å². The van der Waals surface area contributed by atoms with Crippen molar-refractivity contribution in [3.8, 4) is 0 Å². The molecule has 1 saturated heterocycles. The molecule has 1 aromatic heterocycles. The Bertz CT molecular complexity index is 350. The molecule has 17 heavy (non-hydrogen) atoms. The number of hydrogen-bond acceptors (Lipinski definition) is 3. The zero-order chi connectivity index (χ0) is 12.1. The van der Waals surface area contributed by atoms with Crippen molar-refractivity contribution in [1.82, 2.24) is 10.3 Å². The average molecular weight is 254 g/mol. The summed E-state index contributed by atoms with van der Waals surface area (Å²) in [7, 11) is 0. The highest BCUT2D eigenvalue weighted by atomic mass is 35.5. The first-order valence-electron chi connectivity index (χ1n) is 6.36. The molecule has 1 N–H and O–H groups in total. The predicted molar refractivity (Wildman–Crippen MR) is 72.7 cm³/mol. The Balaban J connectivity index is 2.03. The summed E-state index contributed by atoms with van der Waals surface area (Å²) in [5, 5.41) is 4.16. The molecule has 1 aliphatic heterocycles. The molecule has 1 fully saturated rings. The summed E-state index contributed by atoms with van der Waals surface area (Å²) in [5.41, 5.74) is 1.11. The molecular formula is C13H20ClN3. The van der Waals surface area contributed by atoms with Crippen LogP contribution in [0, 0.1) is 5.92 Å². The summed E-state index contributed by atoms with van der Waals surface area (Å²) in [5.74, 6) is 0.778. The van der Waals surface area contributed by atoms with E-state index in [1.165, 1.54) is 12.8 Å². The first-order chi connectivity index (χ1) is 8.31. The maximum atomic E-state index is 6.20. The molecule has 0 spiro atoms. The monoisotopic (exact) mass is 253 g/mol. The van der Waals surface area contributed by atoms with E-state index in [1.807, 2.05) is 12.3 Å². The van der Waals surface area contributed by atoms with Crippen LogP contribution in [0.1, 0.15) is 19.8 Å². The van der Waals surface area contributed by atoms with Gasteiger partial charge in [0.05, 0.1) is 10.7 Å². The Morgan fingerprint density at radius 2 is 2.24 bits per heavy atom. The summed E-state index contributed by atoms with van der Waals surface area (Å²) in [6, 6.07) is 2.01. The van der Waals surface area contributed by atoms with Crippen LogP contribution in [-0.4, -0.2) is 31.2 Å². The van der Waals surface area contributed by atoms with E-state index in [0.717, 1.165) is 42.8 Å². The van der Waals surface area contributed by atoms with Crippen molar-refractivity contribution >= 4 is 17.3 Å². The third-order valence-electron chi connectivity index (χ3n) is 3.41. The van der Waals surface area contributed by atoms with Crippen LogP contribution in [-0.2, 0) is 0 Å². The minimum atomic E-state index is 0.753. The Kier molecular flexibility index (Phi) is 4.63. The van der Waals surface area contributed by atoms with E-state index < -0.39 is 0 Å². The maximum Gasteiger partial charge on any atom is 0.0822 e. The van der Waals surface area contributed by atoms with Crippen molar-refractivity contribution < 1.29 is 0 Å². The van der Waals surface area contributed by atoms with Gasteiger partial charge in [-0.15, -0.1) is 0 Å². The molecular weight excluding hydrogens is 234 g/mol. The van der Waals surface area contributed by atoms with Gasteiger partial charge in [-0.2, -0.15) is 0 Å². The van der Waals surface area contributed by atoms with Gasteiger partial charge < -0.3 is 10.2 Å². The van der Waals surface area contributed by atoms with Gasteiger partial charge in [-0.3, -0.25) is 4.98 Å². The van der Waals surface area contributed by atoms with Gasteiger partial charge in [0.25, 0.3) is 0 Å². The maximum absolute atomic E-state index is 6.20. The first kappa shape index (κ1) is 12.7. The molecule has 1 aromatic rings. The number of piperidine rings is 1. The second-order valence-electron chi connectivity index (χ2n) is 4.56. The number of nitrogens with one attached hydrogen (secondary N) is 1. The van der Waals surface area contributed by atoms with E-state index in [1.54, 1.807) is 6.20 Å². The van der Waals surface area contributed by atoms with Crippen molar-refractivity contribution in [3.05, 3.63) is 23.5 Å². The lowest BCUT2D eigenvalue weighted by Crippen LogP contribution is -2.36. The van der Waals surface area contributed by atoms with E-state index in [9.17, 15) is 0 Å². The Hall–Kier alpha value is -0.800. The second kappa shape index (κ2) is 6.22. The highest BCUT2D eigenvalue weighted by molar-refractivity contribution is 6.33. The summed E-state index contributed by atoms with van der Waals surface area (Å²) in [6.45, 7) is 6.56. The lowest BCUT2D eigenvalue weighted by atomic mass is 9.97. The normalized spacial score (nSPS) is 17.1. The predicted octanol–water partition coefficient (Wildman–Crippen LogP) is 2.56. The van der Waals surface area contributed by atoms with Crippen LogP contribution in [0.25, 0.3) is 0 Å². The van der Waals surface area contributed by atoms with Crippen molar-refractivity contribution in [3.63, 3.8) is 0 Å². The lowest BCUT2D eigenvalue weighted by Gasteiger charge is -2.31. The van der Waals surface area contributed by atoms with Gasteiger partial charge in [-0.05, 0) is 44.8 Å². The third kappa shape index (κ3) is 3.33. The van der Waals surface area contributed by atoms with Crippen molar-refractivity contribution in [1.29, 1.82) is 0 Å². The molecule has 0 aliphatic carbocycles. The van der Waals surface area contributed by atoms with Crippen LogP contribution >= 0.6 is 11.6 Å². The lowest BCUT2D eigenvalue weighted by molar-refractivity contribution is 0.374. The number of aromatic nitrogens is 1. The fraction of sp³-hybridized carbons (Fsp3) is 0.615. The van der Waals surface area contributed by atoms with E-state index in [2.05, 4.69) is 22.1 Å². The second-order valence-corrected chi connectivity index (χ2v) is 4.97. The number of hydrogen-bond donors (Lipinski definition) is 1. The largest absolute Gasteiger partial charge is 0.370 e. The molecule has 2 rings (SSSR count). The van der Waals surface area contributed by atoms with E-state index >= 15 is 0 Å². The molecule has 0 unspecified atom stereocenters. The Morgan fingerprint density at radius 3 is 2.88 bits per heavy atom. The fourth-order valence-corrected chi connectivity index (χ4v) is 2.64. The SMILES string of the molecule is CCN(CC1CCNCC1)c1ccncc1Cl. The van der Waals surface area contributed by atoms with E-state index in [0.29, 0.717) is 0 Å². The summed E-state index contributed by atoms with van der Waals surface area (Å²) in [6.07, 6.45) is 6.06. The molecule has 4 heteroatoms. The molecule has 0 radical (unpaired) electrons. The summed E-state index contributed by atoms with van der Waals surface area (Å²) < 4.78 is 0. The third-order valence-corrected chi connectivity index (χ3v) is 3.70. The molecule has 0 bridgehead atoms. The molecule has 0 saturated carbocycles.